The van der Waals surface area contributed by atoms with Crippen LogP contribution in [-0.2, 0) is 4.79 Å². The van der Waals surface area contributed by atoms with Crippen LogP contribution in [0.5, 0.6) is 0 Å². The molecule has 0 spiro atoms. The van der Waals surface area contributed by atoms with Gasteiger partial charge < -0.3 is 10.6 Å². The fourth-order valence-electron chi connectivity index (χ4n) is 2.89. The van der Waals surface area contributed by atoms with Gasteiger partial charge in [0.15, 0.2) is 0 Å². The van der Waals surface area contributed by atoms with Gasteiger partial charge in [0.25, 0.3) is 0 Å². The summed E-state index contributed by atoms with van der Waals surface area (Å²) in [4.78, 5) is 16.4. The van der Waals surface area contributed by atoms with Gasteiger partial charge in [0.2, 0.25) is 5.91 Å². The van der Waals surface area contributed by atoms with Gasteiger partial charge >= 0.3 is 0 Å². The van der Waals surface area contributed by atoms with E-state index in [0.717, 1.165) is 35.7 Å². The Morgan fingerprint density at radius 3 is 2.92 bits per heavy atom. The van der Waals surface area contributed by atoms with Crippen molar-refractivity contribution in [1.82, 2.24) is 10.3 Å². The van der Waals surface area contributed by atoms with Gasteiger partial charge in [-0.1, -0.05) is 24.6 Å². The van der Waals surface area contributed by atoms with Crippen LogP contribution in [0.15, 0.2) is 24.3 Å². The molecule has 124 valence electrons. The highest BCUT2D eigenvalue weighted by molar-refractivity contribution is 5.85. The number of pyridine rings is 1. The number of rotatable bonds is 6. The lowest BCUT2D eigenvalue weighted by Crippen LogP contribution is -2.35. The molecule has 1 heterocycles. The zero-order chi connectivity index (χ0) is 16.9. The topological polar surface area (TPSA) is 77.8 Å². The standard InChI is InChI=1S/C19H22N4O/c1-13-5-2-8-15-11-16(12-20)18(23-17(13)15)21-9-4-10-22-19(24)14-6-3-7-14/h2,5,8,11,14H,3-4,6-7,9-10H2,1H3,(H,21,23)(H,22,24). The Morgan fingerprint density at radius 2 is 2.21 bits per heavy atom. The highest BCUT2D eigenvalue weighted by Crippen LogP contribution is 2.26. The number of hydrogen-bond acceptors (Lipinski definition) is 4. The van der Waals surface area contributed by atoms with Crippen molar-refractivity contribution in [3.63, 3.8) is 0 Å². The van der Waals surface area contributed by atoms with Gasteiger partial charge in [0.05, 0.1) is 11.1 Å². The summed E-state index contributed by atoms with van der Waals surface area (Å²) in [6.45, 7) is 3.34. The van der Waals surface area contributed by atoms with Crippen LogP contribution in [0.3, 0.4) is 0 Å². The van der Waals surface area contributed by atoms with Crippen LogP contribution >= 0.6 is 0 Å². The minimum absolute atomic E-state index is 0.179. The molecule has 2 N–H and O–H groups in total. The third kappa shape index (κ3) is 3.48. The van der Waals surface area contributed by atoms with Crippen molar-refractivity contribution < 1.29 is 4.79 Å². The number of para-hydroxylation sites is 1. The molecule has 1 aliphatic rings. The van der Waals surface area contributed by atoms with Gasteiger partial charge in [-0.2, -0.15) is 5.26 Å². The van der Waals surface area contributed by atoms with Crippen molar-refractivity contribution in [1.29, 1.82) is 5.26 Å². The van der Waals surface area contributed by atoms with Gasteiger partial charge in [-0.3, -0.25) is 4.79 Å². The number of nitriles is 1. The van der Waals surface area contributed by atoms with E-state index in [1.165, 1.54) is 6.42 Å². The van der Waals surface area contributed by atoms with E-state index in [4.69, 9.17) is 0 Å². The van der Waals surface area contributed by atoms with E-state index < -0.39 is 0 Å². The van der Waals surface area contributed by atoms with E-state index in [2.05, 4.69) is 21.7 Å². The first-order chi connectivity index (χ1) is 11.7. The molecule has 24 heavy (non-hydrogen) atoms. The highest BCUT2D eigenvalue weighted by atomic mass is 16.1. The molecule has 0 unspecified atom stereocenters. The Kier molecular flexibility index (Phi) is 4.95. The molecule has 0 radical (unpaired) electrons. The normalized spacial score (nSPS) is 14.0. The molecule has 0 aliphatic heterocycles. The first-order valence-corrected chi connectivity index (χ1v) is 8.51. The molecule has 1 aromatic heterocycles. The summed E-state index contributed by atoms with van der Waals surface area (Å²) in [7, 11) is 0. The van der Waals surface area contributed by atoms with E-state index in [1.807, 2.05) is 31.2 Å². The third-order valence-electron chi connectivity index (χ3n) is 4.59. The van der Waals surface area contributed by atoms with Crippen LogP contribution in [-0.4, -0.2) is 24.0 Å². The maximum atomic E-state index is 11.8. The predicted octanol–water partition coefficient (Wildman–Crippen LogP) is 3.13. The molecule has 3 rings (SSSR count). The SMILES string of the molecule is Cc1cccc2cc(C#N)c(NCCCNC(=O)C3CCC3)nc12. The molecule has 5 nitrogen and oxygen atoms in total. The molecule has 5 heteroatoms. The second-order valence-electron chi connectivity index (χ2n) is 6.34. The number of nitrogens with zero attached hydrogens (tertiary/aromatic N) is 2. The van der Waals surface area contributed by atoms with Crippen molar-refractivity contribution in [2.45, 2.75) is 32.6 Å². The van der Waals surface area contributed by atoms with Gasteiger partial charge in [0, 0.05) is 24.4 Å². The number of amides is 1. The Balaban J connectivity index is 1.57. The van der Waals surface area contributed by atoms with Gasteiger partial charge in [-0.05, 0) is 37.8 Å². The van der Waals surface area contributed by atoms with Crippen molar-refractivity contribution in [3.05, 3.63) is 35.4 Å². The zero-order valence-electron chi connectivity index (χ0n) is 13.9. The summed E-state index contributed by atoms with van der Waals surface area (Å²) >= 11 is 0. The number of anilines is 1. The summed E-state index contributed by atoms with van der Waals surface area (Å²) in [5.41, 5.74) is 2.55. The Bertz CT molecular complexity index is 790. The molecule has 2 aromatic rings. The number of aryl methyl sites for hydroxylation is 1. The molecule has 1 aromatic carbocycles. The second-order valence-corrected chi connectivity index (χ2v) is 6.34. The van der Waals surface area contributed by atoms with E-state index >= 15 is 0 Å². The molecule has 1 aliphatic carbocycles. The third-order valence-corrected chi connectivity index (χ3v) is 4.59. The minimum Gasteiger partial charge on any atom is -0.369 e. The molecule has 1 fully saturated rings. The molecule has 1 saturated carbocycles. The van der Waals surface area contributed by atoms with Gasteiger partial charge in [0.1, 0.15) is 11.9 Å². The van der Waals surface area contributed by atoms with Crippen molar-refractivity contribution in [3.8, 4) is 6.07 Å². The Morgan fingerprint density at radius 1 is 1.38 bits per heavy atom. The van der Waals surface area contributed by atoms with Gasteiger partial charge in [-0.25, -0.2) is 4.98 Å². The lowest BCUT2D eigenvalue weighted by Gasteiger charge is -2.24. The maximum Gasteiger partial charge on any atom is 0.223 e. The zero-order valence-corrected chi connectivity index (χ0v) is 13.9. The number of carbonyl (C=O) groups is 1. The second kappa shape index (κ2) is 7.31. The summed E-state index contributed by atoms with van der Waals surface area (Å²) in [6, 6.07) is 10.0. The number of carbonyl (C=O) groups excluding carboxylic acids is 1. The summed E-state index contributed by atoms with van der Waals surface area (Å²) in [5.74, 6) is 1.02. The Hall–Kier alpha value is -2.61. The van der Waals surface area contributed by atoms with Crippen LogP contribution in [0.1, 0.15) is 36.8 Å². The van der Waals surface area contributed by atoms with Crippen LogP contribution in [0.4, 0.5) is 5.82 Å². The maximum absolute atomic E-state index is 11.8. The number of hydrogen-bond donors (Lipinski definition) is 2. The average Bonchev–Trinajstić information content (AvgIpc) is 2.53. The van der Waals surface area contributed by atoms with Crippen LogP contribution in [0.2, 0.25) is 0 Å². The lowest BCUT2D eigenvalue weighted by molar-refractivity contribution is -0.127. The molecular formula is C19H22N4O. The number of nitrogens with one attached hydrogen (secondary N) is 2. The van der Waals surface area contributed by atoms with Crippen molar-refractivity contribution in [2.24, 2.45) is 5.92 Å². The largest absolute Gasteiger partial charge is 0.369 e. The minimum atomic E-state index is 0.179. The fourth-order valence-corrected chi connectivity index (χ4v) is 2.89. The number of fused-ring (bicyclic) bond motifs is 1. The summed E-state index contributed by atoms with van der Waals surface area (Å²) in [5, 5.41) is 16.5. The summed E-state index contributed by atoms with van der Waals surface area (Å²) in [6.07, 6.45) is 4.02. The monoisotopic (exact) mass is 322 g/mol. The first-order valence-electron chi connectivity index (χ1n) is 8.51. The van der Waals surface area contributed by atoms with E-state index in [-0.39, 0.29) is 11.8 Å². The highest BCUT2D eigenvalue weighted by Gasteiger charge is 2.24. The van der Waals surface area contributed by atoms with Gasteiger partial charge in [-0.15, -0.1) is 0 Å². The molecule has 0 saturated heterocycles. The van der Waals surface area contributed by atoms with E-state index in [0.29, 0.717) is 24.5 Å². The average molecular weight is 322 g/mol. The number of aromatic nitrogens is 1. The van der Waals surface area contributed by atoms with E-state index in [9.17, 15) is 10.1 Å². The van der Waals surface area contributed by atoms with Crippen molar-refractivity contribution >= 4 is 22.6 Å². The first kappa shape index (κ1) is 16.3. The Labute approximate surface area is 142 Å². The molecular weight excluding hydrogens is 300 g/mol. The fraction of sp³-hybridized carbons (Fsp3) is 0.421. The van der Waals surface area contributed by atoms with Crippen LogP contribution in [0, 0.1) is 24.2 Å². The molecule has 1 amide bonds. The summed E-state index contributed by atoms with van der Waals surface area (Å²) < 4.78 is 0. The van der Waals surface area contributed by atoms with Crippen LogP contribution < -0.4 is 10.6 Å². The number of benzene rings is 1. The van der Waals surface area contributed by atoms with E-state index in [1.54, 1.807) is 0 Å². The van der Waals surface area contributed by atoms with Crippen LogP contribution in [0.25, 0.3) is 10.9 Å². The molecule has 0 atom stereocenters. The quantitative estimate of drug-likeness (QED) is 0.801. The molecule has 0 bridgehead atoms. The predicted molar refractivity (Wildman–Crippen MR) is 94.7 cm³/mol. The lowest BCUT2D eigenvalue weighted by atomic mass is 9.85. The van der Waals surface area contributed by atoms with Crippen molar-refractivity contribution in [2.75, 3.05) is 18.4 Å². The smallest absolute Gasteiger partial charge is 0.223 e.